The zero-order chi connectivity index (χ0) is 22.6. The van der Waals surface area contributed by atoms with Gasteiger partial charge in [0.1, 0.15) is 5.75 Å². The van der Waals surface area contributed by atoms with Crippen molar-refractivity contribution in [2.45, 2.75) is 31.1 Å². The standard InChI is InChI=1S/C23H28N4O4S/c1-3-21(18-8-6-5-7-9-18)22-24-23(31-25-22)26-14-16-27(17-15-26)32(28,29)20-12-10-19(11-13-20)30-4-2/h5-13,21H,3-4,14-17H2,1-2H3. The van der Waals surface area contributed by atoms with Gasteiger partial charge in [0.05, 0.1) is 11.5 Å². The van der Waals surface area contributed by atoms with Crippen LogP contribution in [0, 0.1) is 0 Å². The fraction of sp³-hybridized carbons (Fsp3) is 0.391. The third-order valence-electron chi connectivity index (χ3n) is 5.63. The first-order chi connectivity index (χ1) is 15.5. The van der Waals surface area contributed by atoms with E-state index in [4.69, 9.17) is 9.26 Å². The number of sulfonamides is 1. The second kappa shape index (κ2) is 9.70. The van der Waals surface area contributed by atoms with Crippen LogP contribution in [-0.4, -0.2) is 55.6 Å². The first-order valence-electron chi connectivity index (χ1n) is 10.9. The number of nitrogens with zero attached hydrogens (tertiary/aromatic N) is 4. The van der Waals surface area contributed by atoms with E-state index in [1.807, 2.05) is 30.0 Å². The van der Waals surface area contributed by atoms with Crippen molar-refractivity contribution in [1.29, 1.82) is 0 Å². The van der Waals surface area contributed by atoms with E-state index >= 15 is 0 Å². The Labute approximate surface area is 188 Å². The van der Waals surface area contributed by atoms with Crippen LogP contribution < -0.4 is 9.64 Å². The van der Waals surface area contributed by atoms with Gasteiger partial charge in [-0.05, 0) is 43.2 Å². The Balaban J connectivity index is 1.41. The smallest absolute Gasteiger partial charge is 0.324 e. The molecular weight excluding hydrogens is 428 g/mol. The highest BCUT2D eigenvalue weighted by Gasteiger charge is 2.31. The largest absolute Gasteiger partial charge is 0.494 e. The minimum absolute atomic E-state index is 0.0648. The molecule has 8 nitrogen and oxygen atoms in total. The van der Waals surface area contributed by atoms with Gasteiger partial charge in [0.15, 0.2) is 5.82 Å². The van der Waals surface area contributed by atoms with Crippen molar-refractivity contribution in [3.8, 4) is 5.75 Å². The maximum atomic E-state index is 13.0. The molecule has 2 aromatic carbocycles. The minimum Gasteiger partial charge on any atom is -0.494 e. The molecular formula is C23H28N4O4S. The number of rotatable bonds is 8. The number of benzene rings is 2. The van der Waals surface area contributed by atoms with E-state index in [1.165, 1.54) is 4.31 Å². The molecule has 0 spiro atoms. The SMILES string of the molecule is CCOc1ccc(S(=O)(=O)N2CCN(c3nc(C(CC)c4ccccc4)no3)CC2)cc1. The van der Waals surface area contributed by atoms with Crippen molar-refractivity contribution in [2.24, 2.45) is 0 Å². The van der Waals surface area contributed by atoms with Crippen LogP contribution in [0.15, 0.2) is 64.0 Å². The molecule has 9 heteroatoms. The fourth-order valence-corrected chi connectivity index (χ4v) is 5.31. The summed E-state index contributed by atoms with van der Waals surface area (Å²) in [4.78, 5) is 6.83. The predicted molar refractivity (Wildman–Crippen MR) is 121 cm³/mol. The monoisotopic (exact) mass is 456 g/mol. The van der Waals surface area contributed by atoms with E-state index in [0.29, 0.717) is 50.4 Å². The molecule has 1 unspecified atom stereocenters. The average molecular weight is 457 g/mol. The third kappa shape index (κ3) is 4.63. The van der Waals surface area contributed by atoms with Gasteiger partial charge in [-0.1, -0.05) is 42.4 Å². The second-order valence-corrected chi connectivity index (χ2v) is 9.54. The van der Waals surface area contributed by atoms with E-state index < -0.39 is 10.0 Å². The molecule has 0 radical (unpaired) electrons. The van der Waals surface area contributed by atoms with Gasteiger partial charge in [-0.15, -0.1) is 0 Å². The minimum atomic E-state index is -3.56. The summed E-state index contributed by atoms with van der Waals surface area (Å²) >= 11 is 0. The summed E-state index contributed by atoms with van der Waals surface area (Å²) in [7, 11) is -3.56. The topological polar surface area (TPSA) is 88.8 Å². The van der Waals surface area contributed by atoms with Crippen LogP contribution in [-0.2, 0) is 10.0 Å². The van der Waals surface area contributed by atoms with Crippen molar-refractivity contribution < 1.29 is 17.7 Å². The van der Waals surface area contributed by atoms with Gasteiger partial charge in [-0.25, -0.2) is 8.42 Å². The number of ether oxygens (including phenoxy) is 1. The Morgan fingerprint density at radius 2 is 1.69 bits per heavy atom. The Morgan fingerprint density at radius 1 is 1.00 bits per heavy atom. The first-order valence-corrected chi connectivity index (χ1v) is 12.3. The Morgan fingerprint density at radius 3 is 2.31 bits per heavy atom. The van der Waals surface area contributed by atoms with Crippen LogP contribution in [0.1, 0.15) is 37.6 Å². The van der Waals surface area contributed by atoms with Crippen molar-refractivity contribution in [3.63, 3.8) is 0 Å². The van der Waals surface area contributed by atoms with Gasteiger partial charge < -0.3 is 14.2 Å². The lowest BCUT2D eigenvalue weighted by Crippen LogP contribution is -2.48. The van der Waals surface area contributed by atoms with Gasteiger partial charge in [-0.3, -0.25) is 0 Å². The quantitative estimate of drug-likeness (QED) is 0.512. The number of hydrogen-bond donors (Lipinski definition) is 0. The number of anilines is 1. The van der Waals surface area contributed by atoms with Crippen molar-refractivity contribution in [2.75, 3.05) is 37.7 Å². The maximum absolute atomic E-state index is 13.0. The maximum Gasteiger partial charge on any atom is 0.324 e. The lowest BCUT2D eigenvalue weighted by atomic mass is 9.96. The molecule has 1 fully saturated rings. The second-order valence-electron chi connectivity index (χ2n) is 7.60. The van der Waals surface area contributed by atoms with Crippen molar-refractivity contribution in [1.82, 2.24) is 14.4 Å². The molecule has 1 atom stereocenters. The molecule has 1 saturated heterocycles. The lowest BCUT2D eigenvalue weighted by Gasteiger charge is -2.32. The normalized spacial score (nSPS) is 16.1. The average Bonchev–Trinajstić information content (AvgIpc) is 3.31. The van der Waals surface area contributed by atoms with Gasteiger partial charge >= 0.3 is 6.01 Å². The van der Waals surface area contributed by atoms with Crippen molar-refractivity contribution in [3.05, 3.63) is 66.0 Å². The fourth-order valence-electron chi connectivity index (χ4n) is 3.89. The molecule has 1 aliphatic rings. The Hall–Kier alpha value is -2.91. The zero-order valence-corrected chi connectivity index (χ0v) is 19.2. The highest BCUT2D eigenvalue weighted by atomic mass is 32.2. The van der Waals surface area contributed by atoms with Crippen LogP contribution in [0.4, 0.5) is 6.01 Å². The van der Waals surface area contributed by atoms with Crippen molar-refractivity contribution >= 4 is 16.0 Å². The van der Waals surface area contributed by atoms with E-state index in [-0.39, 0.29) is 10.8 Å². The van der Waals surface area contributed by atoms with Crippen LogP contribution in [0.2, 0.25) is 0 Å². The molecule has 32 heavy (non-hydrogen) atoms. The van der Waals surface area contributed by atoms with Crippen LogP contribution >= 0.6 is 0 Å². The predicted octanol–water partition coefficient (Wildman–Crippen LogP) is 3.52. The molecule has 3 aromatic rings. The number of aromatic nitrogens is 2. The number of hydrogen-bond acceptors (Lipinski definition) is 7. The van der Waals surface area contributed by atoms with E-state index in [9.17, 15) is 8.42 Å². The van der Waals surface area contributed by atoms with Gasteiger partial charge in [0, 0.05) is 32.1 Å². The highest BCUT2D eigenvalue weighted by molar-refractivity contribution is 7.89. The molecule has 0 bridgehead atoms. The lowest BCUT2D eigenvalue weighted by molar-refractivity contribution is 0.339. The summed E-state index contributed by atoms with van der Waals surface area (Å²) < 4.78 is 38.4. The van der Waals surface area contributed by atoms with Gasteiger partial charge in [0.25, 0.3) is 0 Å². The molecule has 170 valence electrons. The number of piperazine rings is 1. The summed E-state index contributed by atoms with van der Waals surface area (Å²) in [6.45, 7) is 6.20. The van der Waals surface area contributed by atoms with E-state index in [2.05, 4.69) is 29.2 Å². The summed E-state index contributed by atoms with van der Waals surface area (Å²) in [5.74, 6) is 1.37. The molecule has 0 aliphatic carbocycles. The Kier molecular flexibility index (Phi) is 6.76. The zero-order valence-electron chi connectivity index (χ0n) is 18.3. The molecule has 4 rings (SSSR count). The van der Waals surface area contributed by atoms with Gasteiger partial charge in [0.2, 0.25) is 10.0 Å². The van der Waals surface area contributed by atoms with Crippen LogP contribution in [0.25, 0.3) is 0 Å². The highest BCUT2D eigenvalue weighted by Crippen LogP contribution is 2.28. The molecule has 0 saturated carbocycles. The molecule has 2 heterocycles. The van der Waals surface area contributed by atoms with Crippen LogP contribution in [0.5, 0.6) is 5.75 Å². The van der Waals surface area contributed by atoms with E-state index in [1.54, 1.807) is 24.3 Å². The molecule has 0 amide bonds. The summed E-state index contributed by atoms with van der Waals surface area (Å²) in [5.41, 5.74) is 1.15. The van der Waals surface area contributed by atoms with Gasteiger partial charge in [-0.2, -0.15) is 9.29 Å². The summed E-state index contributed by atoms with van der Waals surface area (Å²) in [5, 5.41) is 4.21. The summed E-state index contributed by atoms with van der Waals surface area (Å²) in [6.07, 6.45) is 0.858. The van der Waals surface area contributed by atoms with Crippen LogP contribution in [0.3, 0.4) is 0 Å². The molecule has 1 aliphatic heterocycles. The third-order valence-corrected chi connectivity index (χ3v) is 7.55. The molecule has 1 aromatic heterocycles. The summed E-state index contributed by atoms with van der Waals surface area (Å²) in [6, 6.07) is 17.1. The molecule has 0 N–H and O–H groups in total. The Bertz CT molecular complexity index is 1110. The first kappa shape index (κ1) is 22.3. The van der Waals surface area contributed by atoms with E-state index in [0.717, 1.165) is 12.0 Å².